The number of hydrogen-bond donors (Lipinski definition) is 2. The Morgan fingerprint density at radius 1 is 1.31 bits per heavy atom. The molecule has 1 unspecified atom stereocenters. The molecular weight excluding hydrogens is 352 g/mol. The molecule has 0 saturated carbocycles. The van der Waals surface area contributed by atoms with Crippen LogP contribution in [0.2, 0.25) is 5.02 Å². The van der Waals surface area contributed by atoms with E-state index < -0.39 is 0 Å². The van der Waals surface area contributed by atoms with Crippen molar-refractivity contribution in [1.29, 1.82) is 0 Å². The summed E-state index contributed by atoms with van der Waals surface area (Å²) in [5.74, 6) is 0.623. The third-order valence-electron chi connectivity index (χ3n) is 4.29. The Hall–Kier alpha value is -2.24. The molecular formula is C20H23ClN2O3. The predicted octanol–water partition coefficient (Wildman–Crippen LogP) is 4.26. The van der Waals surface area contributed by atoms with E-state index in [0.717, 1.165) is 42.1 Å². The highest BCUT2D eigenvalue weighted by atomic mass is 35.5. The summed E-state index contributed by atoms with van der Waals surface area (Å²) in [5, 5.41) is 6.61. The van der Waals surface area contributed by atoms with Gasteiger partial charge in [-0.25, -0.2) is 0 Å². The van der Waals surface area contributed by atoms with Gasteiger partial charge in [0.1, 0.15) is 12.4 Å². The van der Waals surface area contributed by atoms with Crippen LogP contribution in [-0.4, -0.2) is 31.8 Å². The van der Waals surface area contributed by atoms with Crippen molar-refractivity contribution in [2.24, 2.45) is 0 Å². The molecule has 1 aliphatic heterocycles. The highest BCUT2D eigenvalue weighted by Crippen LogP contribution is 2.23. The summed E-state index contributed by atoms with van der Waals surface area (Å²) < 4.78 is 11.3. The van der Waals surface area contributed by atoms with Crippen LogP contribution < -0.4 is 15.4 Å². The molecule has 5 nitrogen and oxygen atoms in total. The van der Waals surface area contributed by atoms with Gasteiger partial charge >= 0.3 is 0 Å². The number of hydrogen-bond acceptors (Lipinski definition) is 4. The van der Waals surface area contributed by atoms with Crippen LogP contribution in [0.5, 0.6) is 5.75 Å². The summed E-state index contributed by atoms with van der Waals surface area (Å²) >= 11 is 6.07. The number of halogens is 1. The van der Waals surface area contributed by atoms with Crippen molar-refractivity contribution in [2.45, 2.75) is 25.9 Å². The van der Waals surface area contributed by atoms with Gasteiger partial charge in [-0.2, -0.15) is 0 Å². The van der Waals surface area contributed by atoms with Gasteiger partial charge < -0.3 is 20.1 Å². The molecule has 1 amide bonds. The first-order chi connectivity index (χ1) is 12.6. The number of carbonyl (C=O) groups excluding carboxylic acids is 1. The zero-order chi connectivity index (χ0) is 18.4. The second-order valence-electron chi connectivity index (χ2n) is 6.29. The smallest absolute Gasteiger partial charge is 0.243 e. The number of nitrogens with one attached hydrogen (secondary N) is 2. The second-order valence-corrected chi connectivity index (χ2v) is 6.70. The van der Waals surface area contributed by atoms with Gasteiger partial charge in [-0.3, -0.25) is 4.79 Å². The summed E-state index contributed by atoms with van der Waals surface area (Å²) in [5.41, 5.74) is 2.40. The first-order valence-electron chi connectivity index (χ1n) is 8.75. The molecule has 0 radical (unpaired) electrons. The number of benzene rings is 2. The van der Waals surface area contributed by atoms with E-state index in [9.17, 15) is 4.79 Å². The van der Waals surface area contributed by atoms with Crippen LogP contribution >= 0.6 is 11.6 Å². The fourth-order valence-corrected chi connectivity index (χ4v) is 2.95. The second kappa shape index (κ2) is 8.92. The number of anilines is 2. The minimum atomic E-state index is -0.138. The maximum absolute atomic E-state index is 12.2. The molecule has 2 aromatic rings. The van der Waals surface area contributed by atoms with Crippen molar-refractivity contribution in [3.63, 3.8) is 0 Å². The van der Waals surface area contributed by atoms with Gasteiger partial charge in [-0.15, -0.1) is 0 Å². The van der Waals surface area contributed by atoms with E-state index >= 15 is 0 Å². The molecule has 1 atom stereocenters. The molecule has 1 heterocycles. The van der Waals surface area contributed by atoms with Gasteiger partial charge in [0.15, 0.2) is 0 Å². The molecule has 6 heteroatoms. The van der Waals surface area contributed by atoms with Gasteiger partial charge in [0.2, 0.25) is 5.91 Å². The summed E-state index contributed by atoms with van der Waals surface area (Å²) in [7, 11) is 0. The maximum Gasteiger partial charge on any atom is 0.243 e. The van der Waals surface area contributed by atoms with Gasteiger partial charge in [0, 0.05) is 29.1 Å². The molecule has 0 spiro atoms. The van der Waals surface area contributed by atoms with Crippen LogP contribution in [0, 0.1) is 6.92 Å². The molecule has 1 saturated heterocycles. The van der Waals surface area contributed by atoms with Gasteiger partial charge in [0.25, 0.3) is 0 Å². The fraction of sp³-hybridized carbons (Fsp3) is 0.350. The van der Waals surface area contributed by atoms with Crippen LogP contribution in [0.15, 0.2) is 42.5 Å². The molecule has 2 N–H and O–H groups in total. The Kier molecular flexibility index (Phi) is 6.36. The van der Waals surface area contributed by atoms with E-state index in [1.54, 1.807) is 6.07 Å². The highest BCUT2D eigenvalue weighted by Gasteiger charge is 2.16. The monoisotopic (exact) mass is 374 g/mol. The molecule has 26 heavy (non-hydrogen) atoms. The summed E-state index contributed by atoms with van der Waals surface area (Å²) in [6.45, 7) is 3.40. The zero-order valence-electron chi connectivity index (χ0n) is 14.8. The lowest BCUT2D eigenvalue weighted by Gasteiger charge is -2.13. The number of rotatable bonds is 7. The minimum absolute atomic E-state index is 0.138. The predicted molar refractivity (Wildman–Crippen MR) is 104 cm³/mol. The molecule has 0 bridgehead atoms. The Balaban J connectivity index is 1.50. The Morgan fingerprint density at radius 2 is 2.15 bits per heavy atom. The Bertz CT molecular complexity index is 760. The quantitative estimate of drug-likeness (QED) is 0.760. The van der Waals surface area contributed by atoms with Gasteiger partial charge in [-0.05, 0) is 49.6 Å². The van der Waals surface area contributed by atoms with E-state index in [-0.39, 0.29) is 18.6 Å². The first kappa shape index (κ1) is 18.5. The van der Waals surface area contributed by atoms with E-state index in [1.165, 1.54) is 0 Å². The van der Waals surface area contributed by atoms with Crippen LogP contribution in [-0.2, 0) is 9.53 Å². The summed E-state index contributed by atoms with van der Waals surface area (Å²) in [6, 6.07) is 13.0. The van der Waals surface area contributed by atoms with E-state index in [0.29, 0.717) is 11.6 Å². The van der Waals surface area contributed by atoms with Crippen LogP contribution in [0.3, 0.4) is 0 Å². The minimum Gasteiger partial charge on any atom is -0.491 e. The molecule has 3 rings (SSSR count). The lowest BCUT2D eigenvalue weighted by atomic mass is 10.2. The largest absolute Gasteiger partial charge is 0.491 e. The van der Waals surface area contributed by atoms with E-state index in [1.807, 2.05) is 43.3 Å². The summed E-state index contributed by atoms with van der Waals surface area (Å²) in [4.78, 5) is 12.2. The number of carbonyl (C=O) groups is 1. The SMILES string of the molecule is Cc1c(Cl)cccc1NC(=O)CNc1cccc(OCC2CCCO2)c1. The normalized spacial score (nSPS) is 16.3. The average Bonchev–Trinajstić information content (AvgIpc) is 3.16. The Morgan fingerprint density at radius 3 is 2.96 bits per heavy atom. The molecule has 1 aliphatic rings. The van der Waals surface area contributed by atoms with Crippen molar-refractivity contribution in [2.75, 3.05) is 30.4 Å². The van der Waals surface area contributed by atoms with Crippen molar-refractivity contribution >= 4 is 28.9 Å². The fourth-order valence-electron chi connectivity index (χ4n) is 2.78. The standard InChI is InChI=1S/C20H23ClN2O3/c1-14-18(21)8-3-9-19(14)23-20(24)12-22-15-5-2-6-16(11-15)26-13-17-7-4-10-25-17/h2-3,5-6,8-9,11,17,22H,4,7,10,12-13H2,1H3,(H,23,24). The lowest BCUT2D eigenvalue weighted by Crippen LogP contribution is -2.22. The van der Waals surface area contributed by atoms with E-state index in [4.69, 9.17) is 21.1 Å². The van der Waals surface area contributed by atoms with Crippen LogP contribution in [0.4, 0.5) is 11.4 Å². The average molecular weight is 375 g/mol. The number of amides is 1. The van der Waals surface area contributed by atoms with Gasteiger partial charge in [0.05, 0.1) is 12.6 Å². The van der Waals surface area contributed by atoms with Crippen molar-refractivity contribution < 1.29 is 14.3 Å². The van der Waals surface area contributed by atoms with Crippen LogP contribution in [0.25, 0.3) is 0 Å². The third-order valence-corrected chi connectivity index (χ3v) is 4.70. The Labute approximate surface area is 158 Å². The third kappa shape index (κ3) is 5.13. The van der Waals surface area contributed by atoms with Gasteiger partial charge in [-0.1, -0.05) is 23.7 Å². The maximum atomic E-state index is 12.2. The molecule has 1 fully saturated rings. The topological polar surface area (TPSA) is 59.6 Å². The zero-order valence-corrected chi connectivity index (χ0v) is 15.5. The van der Waals surface area contributed by atoms with Crippen molar-refractivity contribution in [1.82, 2.24) is 0 Å². The molecule has 0 aromatic heterocycles. The summed E-state index contributed by atoms with van der Waals surface area (Å²) in [6.07, 6.45) is 2.32. The molecule has 138 valence electrons. The highest BCUT2D eigenvalue weighted by molar-refractivity contribution is 6.31. The first-order valence-corrected chi connectivity index (χ1v) is 9.13. The molecule has 2 aromatic carbocycles. The number of ether oxygens (including phenoxy) is 2. The lowest BCUT2D eigenvalue weighted by molar-refractivity contribution is -0.114. The van der Waals surface area contributed by atoms with Crippen LogP contribution in [0.1, 0.15) is 18.4 Å². The van der Waals surface area contributed by atoms with Crippen molar-refractivity contribution in [3.8, 4) is 5.75 Å². The molecule has 0 aliphatic carbocycles. The van der Waals surface area contributed by atoms with E-state index in [2.05, 4.69) is 10.6 Å². The van der Waals surface area contributed by atoms with Crippen molar-refractivity contribution in [3.05, 3.63) is 53.1 Å².